The standard InChI is InChI=1S/C12H9N3O2S.ClH/c1-8-13-10(7-18-8)11-12(16)17-14-15(11)9-5-3-2-4-6-9;/h2-7H,1H3;1H. The van der Waals surface area contributed by atoms with Crippen molar-refractivity contribution in [2.75, 3.05) is 0 Å². The molecular weight excluding hydrogens is 286 g/mol. The third kappa shape index (κ3) is 2.45. The molecule has 0 amide bonds. The van der Waals surface area contributed by atoms with Crippen molar-refractivity contribution < 1.29 is 14.3 Å². The van der Waals surface area contributed by atoms with Crippen LogP contribution < -0.4 is 9.79 Å². The lowest BCUT2D eigenvalue weighted by molar-refractivity contribution is -0.660. The number of para-hydroxylation sites is 1. The molecule has 0 spiro atoms. The van der Waals surface area contributed by atoms with Gasteiger partial charge in [0.25, 0.3) is 5.69 Å². The van der Waals surface area contributed by atoms with Crippen LogP contribution in [0, 0.1) is 6.92 Å². The minimum atomic E-state index is -0.482. The van der Waals surface area contributed by atoms with Crippen molar-refractivity contribution in [2.24, 2.45) is 0 Å². The summed E-state index contributed by atoms with van der Waals surface area (Å²) in [5, 5.41) is 18.2. The zero-order chi connectivity index (χ0) is 12.5. The molecule has 0 fully saturated rings. The Hall–Kier alpha value is -1.92. The molecule has 0 aliphatic heterocycles. The van der Waals surface area contributed by atoms with Crippen LogP contribution in [0.3, 0.4) is 0 Å². The van der Waals surface area contributed by atoms with Crippen LogP contribution in [0.2, 0.25) is 0 Å². The number of halogens is 1. The van der Waals surface area contributed by atoms with Gasteiger partial charge < -0.3 is 9.63 Å². The van der Waals surface area contributed by atoms with E-state index in [1.54, 1.807) is 0 Å². The first-order valence-corrected chi connectivity index (χ1v) is 6.20. The summed E-state index contributed by atoms with van der Waals surface area (Å²) < 4.78 is 6.20. The zero-order valence-electron chi connectivity index (χ0n) is 9.94. The Morgan fingerprint density at radius 3 is 2.63 bits per heavy atom. The predicted molar refractivity (Wildman–Crippen MR) is 70.6 cm³/mol. The van der Waals surface area contributed by atoms with E-state index in [0.717, 1.165) is 10.7 Å². The molecule has 19 heavy (non-hydrogen) atoms. The maximum atomic E-state index is 11.7. The van der Waals surface area contributed by atoms with Gasteiger partial charge in [-0.15, -0.1) is 23.7 Å². The third-order valence-electron chi connectivity index (χ3n) is 2.47. The van der Waals surface area contributed by atoms with Gasteiger partial charge in [-0.3, -0.25) is 0 Å². The Morgan fingerprint density at radius 2 is 2.00 bits per heavy atom. The number of aryl methyl sites for hydroxylation is 1. The zero-order valence-corrected chi connectivity index (χ0v) is 11.6. The van der Waals surface area contributed by atoms with Crippen LogP contribution >= 0.6 is 23.7 Å². The summed E-state index contributed by atoms with van der Waals surface area (Å²) in [4.78, 5) is 4.30. The molecule has 2 heterocycles. The molecular formula is C12H10ClN3O2S. The second-order valence-corrected chi connectivity index (χ2v) is 4.77. The van der Waals surface area contributed by atoms with Crippen molar-refractivity contribution in [1.29, 1.82) is 0 Å². The number of hydrogen-bond acceptors (Lipinski definition) is 5. The van der Waals surface area contributed by atoms with Crippen molar-refractivity contribution in [2.45, 2.75) is 6.92 Å². The Balaban J connectivity index is 0.00000133. The molecule has 0 N–H and O–H groups in total. The molecule has 0 atom stereocenters. The van der Waals surface area contributed by atoms with Gasteiger partial charge in [0.15, 0.2) is 11.6 Å². The van der Waals surface area contributed by atoms with Gasteiger partial charge in [0, 0.05) is 17.5 Å². The molecule has 0 bridgehead atoms. The van der Waals surface area contributed by atoms with Gasteiger partial charge in [0.05, 0.1) is 10.3 Å². The van der Waals surface area contributed by atoms with Gasteiger partial charge in [0.1, 0.15) is 0 Å². The SMILES string of the molecule is Cc1nc(-c2c([O-])on[n+]2-c2ccccc2)cs1.Cl. The highest BCUT2D eigenvalue weighted by atomic mass is 35.5. The summed E-state index contributed by atoms with van der Waals surface area (Å²) >= 11 is 1.48. The van der Waals surface area contributed by atoms with Crippen molar-refractivity contribution in [3.8, 4) is 23.0 Å². The Morgan fingerprint density at radius 1 is 1.26 bits per heavy atom. The third-order valence-corrected chi connectivity index (χ3v) is 3.25. The fourth-order valence-corrected chi connectivity index (χ4v) is 2.28. The minimum Gasteiger partial charge on any atom is -0.539 e. The average Bonchev–Trinajstić information content (AvgIpc) is 2.96. The highest BCUT2D eigenvalue weighted by molar-refractivity contribution is 7.09. The minimum absolute atomic E-state index is 0. The molecule has 0 aliphatic rings. The van der Waals surface area contributed by atoms with Gasteiger partial charge in [-0.1, -0.05) is 18.2 Å². The highest BCUT2D eigenvalue weighted by Crippen LogP contribution is 2.25. The molecule has 0 saturated carbocycles. The first kappa shape index (κ1) is 13.5. The van der Waals surface area contributed by atoms with E-state index < -0.39 is 5.95 Å². The maximum Gasteiger partial charge on any atom is 0.289 e. The Bertz CT molecular complexity index is 681. The van der Waals surface area contributed by atoms with E-state index in [1.165, 1.54) is 16.0 Å². The van der Waals surface area contributed by atoms with Gasteiger partial charge in [-0.2, -0.15) is 0 Å². The monoisotopic (exact) mass is 295 g/mol. The van der Waals surface area contributed by atoms with Crippen molar-refractivity contribution in [3.05, 3.63) is 40.7 Å². The van der Waals surface area contributed by atoms with Gasteiger partial charge in [-0.05, 0) is 11.6 Å². The number of aromatic nitrogens is 3. The van der Waals surface area contributed by atoms with Gasteiger partial charge >= 0.3 is 0 Å². The fourth-order valence-electron chi connectivity index (χ4n) is 1.68. The Kier molecular flexibility index (Phi) is 3.82. The number of nitrogens with zero attached hydrogens (tertiary/aromatic N) is 3. The van der Waals surface area contributed by atoms with Crippen LogP contribution in [0.15, 0.2) is 40.2 Å². The maximum absolute atomic E-state index is 11.7. The summed E-state index contributed by atoms with van der Waals surface area (Å²) in [7, 11) is 0. The average molecular weight is 296 g/mol. The molecule has 3 rings (SSSR count). The molecule has 0 radical (unpaired) electrons. The summed E-state index contributed by atoms with van der Waals surface area (Å²) in [6.07, 6.45) is 0. The second-order valence-electron chi connectivity index (χ2n) is 3.71. The van der Waals surface area contributed by atoms with E-state index in [1.807, 2.05) is 42.6 Å². The normalized spacial score (nSPS) is 10.2. The van der Waals surface area contributed by atoms with Crippen LogP contribution in [-0.4, -0.2) is 10.3 Å². The highest BCUT2D eigenvalue weighted by Gasteiger charge is 2.23. The van der Waals surface area contributed by atoms with E-state index in [2.05, 4.69) is 10.3 Å². The van der Waals surface area contributed by atoms with Gasteiger partial charge in [0.2, 0.25) is 5.69 Å². The van der Waals surface area contributed by atoms with Crippen molar-refractivity contribution in [1.82, 2.24) is 10.3 Å². The van der Waals surface area contributed by atoms with Crippen LogP contribution in [-0.2, 0) is 0 Å². The summed E-state index contributed by atoms with van der Waals surface area (Å²) in [5.41, 5.74) is 1.71. The largest absolute Gasteiger partial charge is 0.539 e. The molecule has 0 unspecified atom stereocenters. The molecule has 2 aromatic heterocycles. The lowest BCUT2D eigenvalue weighted by Gasteiger charge is -1.93. The van der Waals surface area contributed by atoms with Crippen LogP contribution in [0.25, 0.3) is 17.1 Å². The van der Waals surface area contributed by atoms with Crippen molar-refractivity contribution in [3.63, 3.8) is 0 Å². The smallest absolute Gasteiger partial charge is 0.289 e. The molecule has 0 saturated heterocycles. The van der Waals surface area contributed by atoms with E-state index in [0.29, 0.717) is 11.4 Å². The molecule has 1 aromatic carbocycles. The predicted octanol–water partition coefficient (Wildman–Crippen LogP) is 1.88. The van der Waals surface area contributed by atoms with E-state index in [4.69, 9.17) is 4.52 Å². The molecule has 0 aliphatic carbocycles. The second kappa shape index (κ2) is 5.38. The molecule has 3 aromatic rings. The quantitative estimate of drug-likeness (QED) is 0.677. The molecule has 5 nitrogen and oxygen atoms in total. The van der Waals surface area contributed by atoms with Crippen LogP contribution in [0.5, 0.6) is 5.95 Å². The lowest BCUT2D eigenvalue weighted by Crippen LogP contribution is -2.34. The number of thiazole rings is 1. The van der Waals surface area contributed by atoms with E-state index >= 15 is 0 Å². The van der Waals surface area contributed by atoms with Crippen molar-refractivity contribution >= 4 is 23.7 Å². The lowest BCUT2D eigenvalue weighted by atomic mass is 10.3. The van der Waals surface area contributed by atoms with E-state index in [-0.39, 0.29) is 12.4 Å². The number of rotatable bonds is 2. The summed E-state index contributed by atoms with van der Waals surface area (Å²) in [6.45, 7) is 1.89. The molecule has 98 valence electrons. The number of hydrogen-bond donors (Lipinski definition) is 0. The fraction of sp³-hybridized carbons (Fsp3) is 0.0833. The summed E-state index contributed by atoms with van der Waals surface area (Å²) in [5.74, 6) is -0.482. The van der Waals surface area contributed by atoms with E-state index in [9.17, 15) is 5.11 Å². The topological polar surface area (TPSA) is 65.9 Å². The molecule has 7 heteroatoms. The van der Waals surface area contributed by atoms with Crippen LogP contribution in [0.4, 0.5) is 0 Å². The first-order valence-electron chi connectivity index (χ1n) is 5.32. The first-order chi connectivity index (χ1) is 8.75. The van der Waals surface area contributed by atoms with Gasteiger partial charge in [-0.25, -0.2) is 4.98 Å². The number of benzene rings is 1. The Labute approximate surface area is 119 Å². The summed E-state index contributed by atoms with van der Waals surface area (Å²) in [6, 6.07) is 9.35. The van der Waals surface area contributed by atoms with Crippen LogP contribution in [0.1, 0.15) is 5.01 Å².